The molecule has 2 heterocycles. The number of aryl methyl sites for hydroxylation is 1. The number of anilines is 1. The first kappa shape index (κ1) is 12.3. The van der Waals surface area contributed by atoms with E-state index in [4.69, 9.17) is 0 Å². The molecule has 0 radical (unpaired) electrons. The van der Waals surface area contributed by atoms with Gasteiger partial charge in [0.2, 0.25) is 0 Å². The highest BCUT2D eigenvalue weighted by molar-refractivity contribution is 5.35. The van der Waals surface area contributed by atoms with Crippen molar-refractivity contribution in [3.63, 3.8) is 0 Å². The Kier molecular flexibility index (Phi) is 3.72. The lowest BCUT2D eigenvalue weighted by Crippen LogP contribution is -2.22. The predicted octanol–water partition coefficient (Wildman–Crippen LogP) is 1.43. The monoisotopic (exact) mass is 244 g/mol. The standard InChI is InChI=1S/C13H16N4O/c1-3-14-12-5-4-11(7-15-12)9-17-8-10(2)6-16-13(17)18/h4-8H,3,9H2,1-2H3,(H,14,15). The maximum atomic E-state index is 11.6. The number of aromatic nitrogens is 3. The predicted molar refractivity (Wildman–Crippen MR) is 70.7 cm³/mol. The van der Waals surface area contributed by atoms with Crippen LogP contribution >= 0.6 is 0 Å². The third-order valence-electron chi connectivity index (χ3n) is 2.52. The molecule has 0 saturated heterocycles. The van der Waals surface area contributed by atoms with Crippen LogP contribution in [0.4, 0.5) is 5.82 Å². The molecule has 0 atom stereocenters. The van der Waals surface area contributed by atoms with Crippen LogP contribution in [0.3, 0.4) is 0 Å². The van der Waals surface area contributed by atoms with Crippen molar-refractivity contribution in [2.75, 3.05) is 11.9 Å². The van der Waals surface area contributed by atoms with Gasteiger partial charge in [0.25, 0.3) is 0 Å². The van der Waals surface area contributed by atoms with Gasteiger partial charge in [0.05, 0.1) is 6.54 Å². The molecule has 0 amide bonds. The third kappa shape index (κ3) is 2.94. The second-order valence-corrected chi connectivity index (χ2v) is 4.12. The Morgan fingerprint density at radius 2 is 2.11 bits per heavy atom. The van der Waals surface area contributed by atoms with Gasteiger partial charge in [-0.2, -0.15) is 0 Å². The van der Waals surface area contributed by atoms with Gasteiger partial charge in [0.15, 0.2) is 0 Å². The fourth-order valence-corrected chi connectivity index (χ4v) is 1.68. The number of hydrogen-bond donors (Lipinski definition) is 1. The van der Waals surface area contributed by atoms with Crippen molar-refractivity contribution in [2.45, 2.75) is 20.4 Å². The summed E-state index contributed by atoms with van der Waals surface area (Å²) in [6.45, 7) is 5.27. The van der Waals surface area contributed by atoms with Gasteiger partial charge < -0.3 is 5.32 Å². The highest BCUT2D eigenvalue weighted by Gasteiger charge is 2.00. The molecule has 0 aliphatic carbocycles. The molecule has 2 aromatic rings. The Hall–Kier alpha value is -2.17. The maximum Gasteiger partial charge on any atom is 0.347 e. The molecule has 2 aromatic heterocycles. The van der Waals surface area contributed by atoms with Gasteiger partial charge in [-0.1, -0.05) is 6.07 Å². The van der Waals surface area contributed by atoms with Crippen LogP contribution in [0.5, 0.6) is 0 Å². The van der Waals surface area contributed by atoms with Crippen molar-refractivity contribution >= 4 is 5.82 Å². The fraction of sp³-hybridized carbons (Fsp3) is 0.308. The van der Waals surface area contributed by atoms with Crippen LogP contribution in [0.15, 0.2) is 35.5 Å². The number of pyridine rings is 1. The molecule has 0 bridgehead atoms. The van der Waals surface area contributed by atoms with Gasteiger partial charge >= 0.3 is 5.69 Å². The first-order valence-corrected chi connectivity index (χ1v) is 5.91. The van der Waals surface area contributed by atoms with Crippen molar-refractivity contribution in [2.24, 2.45) is 0 Å². The summed E-state index contributed by atoms with van der Waals surface area (Å²) >= 11 is 0. The number of hydrogen-bond acceptors (Lipinski definition) is 4. The Morgan fingerprint density at radius 3 is 2.78 bits per heavy atom. The molecule has 5 heteroatoms. The van der Waals surface area contributed by atoms with Crippen LogP contribution in [-0.2, 0) is 6.54 Å². The molecular weight excluding hydrogens is 228 g/mol. The van der Waals surface area contributed by atoms with Gasteiger partial charge in [-0.05, 0) is 31.0 Å². The van der Waals surface area contributed by atoms with E-state index >= 15 is 0 Å². The van der Waals surface area contributed by atoms with E-state index in [-0.39, 0.29) is 5.69 Å². The van der Waals surface area contributed by atoms with Crippen LogP contribution < -0.4 is 11.0 Å². The minimum atomic E-state index is -0.239. The van der Waals surface area contributed by atoms with Crippen molar-refractivity contribution in [1.29, 1.82) is 0 Å². The van der Waals surface area contributed by atoms with E-state index in [1.807, 2.05) is 26.0 Å². The van der Waals surface area contributed by atoms with Gasteiger partial charge in [0.1, 0.15) is 5.82 Å². The molecule has 94 valence electrons. The molecule has 0 aromatic carbocycles. The summed E-state index contributed by atoms with van der Waals surface area (Å²) in [6.07, 6.45) is 5.14. The highest BCUT2D eigenvalue weighted by atomic mass is 16.1. The largest absolute Gasteiger partial charge is 0.370 e. The lowest BCUT2D eigenvalue weighted by atomic mass is 10.2. The van der Waals surface area contributed by atoms with Crippen molar-refractivity contribution in [3.05, 3.63) is 52.3 Å². The Labute approximate surface area is 106 Å². The number of rotatable bonds is 4. The van der Waals surface area contributed by atoms with Gasteiger partial charge in [0, 0.05) is 25.1 Å². The topological polar surface area (TPSA) is 59.8 Å². The summed E-state index contributed by atoms with van der Waals surface area (Å²) in [7, 11) is 0. The molecule has 0 saturated carbocycles. The second kappa shape index (κ2) is 5.44. The second-order valence-electron chi connectivity index (χ2n) is 4.12. The van der Waals surface area contributed by atoms with E-state index < -0.39 is 0 Å². The van der Waals surface area contributed by atoms with E-state index in [0.29, 0.717) is 6.54 Å². The van der Waals surface area contributed by atoms with Crippen molar-refractivity contribution in [1.82, 2.24) is 14.5 Å². The zero-order valence-electron chi connectivity index (χ0n) is 10.6. The molecule has 1 N–H and O–H groups in total. The molecular formula is C13H16N4O. The smallest absolute Gasteiger partial charge is 0.347 e. The zero-order chi connectivity index (χ0) is 13.0. The van der Waals surface area contributed by atoms with Crippen LogP contribution in [0.1, 0.15) is 18.1 Å². The van der Waals surface area contributed by atoms with Crippen LogP contribution in [-0.4, -0.2) is 21.1 Å². The van der Waals surface area contributed by atoms with Crippen LogP contribution in [0.2, 0.25) is 0 Å². The molecule has 0 aliphatic rings. The number of nitrogens with one attached hydrogen (secondary N) is 1. The van der Waals surface area contributed by atoms with E-state index in [2.05, 4.69) is 15.3 Å². The average Bonchev–Trinajstić information content (AvgIpc) is 2.37. The van der Waals surface area contributed by atoms with Crippen LogP contribution in [0.25, 0.3) is 0 Å². The maximum absolute atomic E-state index is 11.6. The summed E-state index contributed by atoms with van der Waals surface area (Å²) in [5.41, 5.74) is 1.70. The minimum absolute atomic E-state index is 0.239. The normalized spacial score (nSPS) is 10.3. The van der Waals surface area contributed by atoms with Crippen LogP contribution in [0, 0.1) is 6.92 Å². The molecule has 0 unspecified atom stereocenters. The first-order chi connectivity index (χ1) is 8.69. The lowest BCUT2D eigenvalue weighted by Gasteiger charge is -2.07. The van der Waals surface area contributed by atoms with E-state index in [1.165, 1.54) is 0 Å². The molecule has 0 fully saturated rings. The average molecular weight is 244 g/mol. The van der Waals surface area contributed by atoms with Gasteiger partial charge in [-0.15, -0.1) is 0 Å². The summed E-state index contributed by atoms with van der Waals surface area (Å²) in [6, 6.07) is 3.87. The number of nitrogens with zero attached hydrogens (tertiary/aromatic N) is 3. The zero-order valence-corrected chi connectivity index (χ0v) is 10.6. The quantitative estimate of drug-likeness (QED) is 0.883. The van der Waals surface area contributed by atoms with E-state index in [0.717, 1.165) is 23.5 Å². The summed E-state index contributed by atoms with van der Waals surface area (Å²) in [4.78, 5) is 19.6. The summed E-state index contributed by atoms with van der Waals surface area (Å²) in [5, 5.41) is 3.13. The Morgan fingerprint density at radius 1 is 1.28 bits per heavy atom. The van der Waals surface area contributed by atoms with Gasteiger partial charge in [-0.25, -0.2) is 14.8 Å². The summed E-state index contributed by atoms with van der Waals surface area (Å²) in [5.74, 6) is 0.843. The van der Waals surface area contributed by atoms with E-state index in [9.17, 15) is 4.79 Å². The summed E-state index contributed by atoms with van der Waals surface area (Å²) < 4.78 is 1.58. The van der Waals surface area contributed by atoms with Crippen molar-refractivity contribution < 1.29 is 0 Å². The highest BCUT2D eigenvalue weighted by Crippen LogP contribution is 2.05. The Balaban J connectivity index is 2.18. The Bertz CT molecular complexity index is 574. The third-order valence-corrected chi connectivity index (χ3v) is 2.52. The molecule has 18 heavy (non-hydrogen) atoms. The van der Waals surface area contributed by atoms with E-state index in [1.54, 1.807) is 23.2 Å². The van der Waals surface area contributed by atoms with Gasteiger partial charge in [-0.3, -0.25) is 4.57 Å². The lowest BCUT2D eigenvalue weighted by molar-refractivity contribution is 0.719. The molecule has 0 aliphatic heterocycles. The van der Waals surface area contributed by atoms with Crippen molar-refractivity contribution in [3.8, 4) is 0 Å². The minimum Gasteiger partial charge on any atom is -0.370 e. The molecule has 2 rings (SSSR count). The molecule has 5 nitrogen and oxygen atoms in total. The fourth-order valence-electron chi connectivity index (χ4n) is 1.68. The SMILES string of the molecule is CCNc1ccc(Cn2cc(C)cnc2=O)cn1. The first-order valence-electron chi connectivity index (χ1n) is 5.91. The molecule has 0 spiro atoms.